The largest absolute Gasteiger partial charge is 0.396 e. The van der Waals surface area contributed by atoms with Crippen LogP contribution in [0, 0.1) is 35.5 Å². The molecule has 0 aromatic heterocycles. The molecular formula is C32H54ClN3O4. The first-order chi connectivity index (χ1) is 19.4. The van der Waals surface area contributed by atoms with Gasteiger partial charge in [0.1, 0.15) is 12.1 Å². The number of aliphatic hydroxyl groups excluding tert-OH is 2. The zero-order valence-corrected chi connectivity index (χ0v) is 25.3. The first-order valence-electron chi connectivity index (χ1n) is 16.5. The van der Waals surface area contributed by atoms with Crippen LogP contribution in [-0.2, 0) is 9.63 Å². The second-order valence-electron chi connectivity index (χ2n) is 13.7. The van der Waals surface area contributed by atoms with Gasteiger partial charge in [-0.15, -0.1) is 11.6 Å². The molecule has 7 nitrogen and oxygen atoms in total. The Bertz CT molecular complexity index is 827. The molecule has 5 fully saturated rings. The third-order valence-corrected chi connectivity index (χ3v) is 11.4. The normalized spacial score (nSPS) is 41.7. The van der Waals surface area contributed by atoms with Gasteiger partial charge in [-0.3, -0.25) is 9.63 Å². The highest BCUT2D eigenvalue weighted by Gasteiger charge is 2.49. The Morgan fingerprint density at radius 1 is 1.05 bits per heavy atom. The molecule has 5 rings (SSSR count). The molecule has 8 heteroatoms. The van der Waals surface area contributed by atoms with Crippen LogP contribution in [0.25, 0.3) is 0 Å². The van der Waals surface area contributed by atoms with Crippen LogP contribution in [0.4, 0.5) is 0 Å². The fourth-order valence-corrected chi connectivity index (χ4v) is 8.71. The Kier molecular flexibility index (Phi) is 11.3. The Morgan fingerprint density at radius 2 is 1.73 bits per heavy atom. The van der Waals surface area contributed by atoms with Crippen molar-refractivity contribution in [3.8, 4) is 0 Å². The topological polar surface area (TPSA) is 94.1 Å². The summed E-state index contributed by atoms with van der Waals surface area (Å²) in [5.41, 5.74) is 0. The number of rotatable bonds is 10. The highest BCUT2D eigenvalue weighted by Crippen LogP contribution is 2.38. The van der Waals surface area contributed by atoms with Crippen LogP contribution in [0.3, 0.4) is 0 Å². The predicted molar refractivity (Wildman–Crippen MR) is 159 cm³/mol. The molecule has 0 radical (unpaired) electrons. The number of allylic oxidation sites excluding steroid dienone is 2. The first kappa shape index (κ1) is 30.7. The minimum atomic E-state index is -0.750. The minimum Gasteiger partial charge on any atom is -0.396 e. The van der Waals surface area contributed by atoms with Gasteiger partial charge in [-0.25, -0.2) is 0 Å². The number of hydrogen-bond acceptors (Lipinski definition) is 6. The van der Waals surface area contributed by atoms with E-state index in [-0.39, 0.29) is 12.5 Å². The third-order valence-electron chi connectivity index (χ3n) is 10.9. The van der Waals surface area contributed by atoms with E-state index in [2.05, 4.69) is 22.8 Å². The number of halogens is 1. The molecule has 40 heavy (non-hydrogen) atoms. The van der Waals surface area contributed by atoms with Crippen LogP contribution in [-0.4, -0.2) is 77.1 Å². The second-order valence-corrected chi connectivity index (χ2v) is 14.3. The number of aliphatic hydroxyl groups is 2. The molecule has 3 saturated carbocycles. The minimum absolute atomic E-state index is 0.0726. The summed E-state index contributed by atoms with van der Waals surface area (Å²) in [6, 6.07) is 0.0960. The van der Waals surface area contributed by atoms with Crippen LogP contribution in [0.15, 0.2) is 12.2 Å². The van der Waals surface area contributed by atoms with Crippen LogP contribution in [0.1, 0.15) is 90.4 Å². The van der Waals surface area contributed by atoms with Crippen molar-refractivity contribution < 1.29 is 19.8 Å². The van der Waals surface area contributed by atoms with Gasteiger partial charge in [0.05, 0.1) is 12.7 Å². The molecular weight excluding hydrogens is 526 g/mol. The average Bonchev–Trinajstić information content (AvgIpc) is 3.55. The standard InChI is InChI=1S/C32H54ClN3O4/c1-21(38)31-28(20-37)30(32(39)34-17-16-25-18-35-29-5-3-2-4-27(25)29)36(40-31)19-24-10-8-22(9-11-24)6-7-23-12-14-26(33)15-13-23/h6-7,21-31,35,37-38H,2-5,8-20H2,1H3,(H,34,39)/b7-6+/t21-,22?,23?,24?,25?,26?,27?,28?,29?,30-,31-/m1/s1. The van der Waals surface area contributed by atoms with Gasteiger partial charge in [-0.2, -0.15) is 5.06 Å². The quantitative estimate of drug-likeness (QED) is 0.226. The number of alkyl halides is 1. The van der Waals surface area contributed by atoms with Gasteiger partial charge in [-0.05, 0) is 114 Å². The van der Waals surface area contributed by atoms with E-state index in [9.17, 15) is 15.0 Å². The zero-order valence-electron chi connectivity index (χ0n) is 24.6. The number of hydrogen-bond donors (Lipinski definition) is 4. The first-order valence-corrected chi connectivity index (χ1v) is 16.9. The third kappa shape index (κ3) is 7.62. The van der Waals surface area contributed by atoms with E-state index in [1.54, 1.807) is 6.92 Å². The van der Waals surface area contributed by atoms with Crippen molar-refractivity contribution in [2.75, 3.05) is 26.2 Å². The van der Waals surface area contributed by atoms with Crippen LogP contribution < -0.4 is 10.6 Å². The molecule has 0 spiro atoms. The number of nitrogens with one attached hydrogen (secondary N) is 2. The van der Waals surface area contributed by atoms with E-state index in [0.717, 1.165) is 57.4 Å². The summed E-state index contributed by atoms with van der Waals surface area (Å²) in [7, 11) is 0. The summed E-state index contributed by atoms with van der Waals surface area (Å²) in [4.78, 5) is 19.7. The summed E-state index contributed by atoms with van der Waals surface area (Å²) in [5, 5.41) is 29.7. The summed E-state index contributed by atoms with van der Waals surface area (Å²) < 4.78 is 0. The van der Waals surface area contributed by atoms with Crippen molar-refractivity contribution in [1.82, 2.24) is 15.7 Å². The van der Waals surface area contributed by atoms with E-state index >= 15 is 0 Å². The smallest absolute Gasteiger partial charge is 0.240 e. The van der Waals surface area contributed by atoms with Crippen molar-refractivity contribution >= 4 is 17.5 Å². The van der Waals surface area contributed by atoms with Gasteiger partial charge in [0.2, 0.25) is 5.91 Å². The maximum atomic E-state index is 13.5. The van der Waals surface area contributed by atoms with Gasteiger partial charge >= 0.3 is 0 Å². The summed E-state index contributed by atoms with van der Waals surface area (Å²) in [6.45, 7) is 3.89. The molecule has 2 saturated heterocycles. The highest BCUT2D eigenvalue weighted by atomic mass is 35.5. The van der Waals surface area contributed by atoms with Gasteiger partial charge < -0.3 is 20.8 Å². The predicted octanol–water partition coefficient (Wildman–Crippen LogP) is 4.40. The van der Waals surface area contributed by atoms with E-state index < -0.39 is 24.2 Å². The Labute approximate surface area is 246 Å². The van der Waals surface area contributed by atoms with Crippen molar-refractivity contribution in [2.45, 2.75) is 120 Å². The number of amides is 1. The van der Waals surface area contributed by atoms with Crippen LogP contribution in [0.2, 0.25) is 0 Å². The lowest BCUT2D eigenvalue weighted by Crippen LogP contribution is -2.49. The van der Waals surface area contributed by atoms with Crippen molar-refractivity contribution in [3.05, 3.63) is 12.2 Å². The second kappa shape index (κ2) is 14.7. The Hall–Kier alpha value is -0.700. The maximum Gasteiger partial charge on any atom is 0.240 e. The Morgan fingerprint density at radius 3 is 2.40 bits per heavy atom. The number of nitrogens with zero attached hydrogens (tertiary/aromatic N) is 1. The molecule has 0 aromatic carbocycles. The van der Waals surface area contributed by atoms with Crippen molar-refractivity contribution in [2.24, 2.45) is 35.5 Å². The molecule has 1 amide bonds. The summed E-state index contributed by atoms with van der Waals surface area (Å²) >= 11 is 6.27. The van der Waals surface area contributed by atoms with Crippen LogP contribution >= 0.6 is 11.6 Å². The molecule has 2 aliphatic heterocycles. The Balaban J connectivity index is 1.12. The molecule has 2 heterocycles. The van der Waals surface area contributed by atoms with Crippen molar-refractivity contribution in [1.29, 1.82) is 0 Å². The lowest BCUT2D eigenvalue weighted by atomic mass is 9.79. The fourth-order valence-electron chi connectivity index (χ4n) is 8.46. The fraction of sp³-hybridized carbons (Fsp3) is 0.906. The zero-order chi connectivity index (χ0) is 28.1. The van der Waals surface area contributed by atoms with Crippen LogP contribution in [0.5, 0.6) is 0 Å². The van der Waals surface area contributed by atoms with Gasteiger partial charge in [0, 0.05) is 30.4 Å². The molecule has 5 aliphatic rings. The van der Waals surface area contributed by atoms with E-state index in [4.69, 9.17) is 16.4 Å². The molecule has 0 bridgehead atoms. The summed E-state index contributed by atoms with van der Waals surface area (Å²) in [5.74, 6) is 2.63. The maximum absolute atomic E-state index is 13.5. The van der Waals surface area contributed by atoms with E-state index in [1.807, 2.05) is 5.06 Å². The number of hydroxylamine groups is 2. The molecule has 7 atom stereocenters. The summed E-state index contributed by atoms with van der Waals surface area (Å²) in [6.07, 6.45) is 19.1. The van der Waals surface area contributed by atoms with Gasteiger partial charge in [0.15, 0.2) is 0 Å². The number of fused-ring (bicyclic) bond motifs is 1. The molecule has 4 N–H and O–H groups in total. The van der Waals surface area contributed by atoms with E-state index in [0.29, 0.717) is 48.2 Å². The van der Waals surface area contributed by atoms with Crippen molar-refractivity contribution in [3.63, 3.8) is 0 Å². The van der Waals surface area contributed by atoms with E-state index in [1.165, 1.54) is 38.5 Å². The number of carbonyl (C=O) groups excluding carboxylic acids is 1. The lowest BCUT2D eigenvalue weighted by Gasteiger charge is -2.32. The van der Waals surface area contributed by atoms with Gasteiger partial charge in [-0.1, -0.05) is 25.0 Å². The molecule has 0 aromatic rings. The molecule has 228 valence electrons. The highest BCUT2D eigenvalue weighted by molar-refractivity contribution is 6.20. The average molecular weight is 580 g/mol. The molecule has 3 aliphatic carbocycles. The molecule has 4 unspecified atom stereocenters. The lowest BCUT2D eigenvalue weighted by molar-refractivity contribution is -0.193. The monoisotopic (exact) mass is 579 g/mol. The SMILES string of the molecule is C[C@@H](O)[C@H]1ON(CC2CCC(/C=C/C3CCC(Cl)CC3)CC2)[C@@H](C(=O)NCCC2CNC3CCCCC23)C1CO. The van der Waals surface area contributed by atoms with Gasteiger partial charge in [0.25, 0.3) is 0 Å². The number of carbonyl (C=O) groups is 1.